The first-order valence-corrected chi connectivity index (χ1v) is 5.79. The molecule has 18 heavy (non-hydrogen) atoms. The minimum atomic E-state index is -0.0609. The van der Waals surface area contributed by atoms with Gasteiger partial charge in [0.15, 0.2) is 0 Å². The fraction of sp³-hybridized carbons (Fsp3) is 0.385. The molecule has 0 atom stereocenters. The van der Waals surface area contributed by atoms with Crippen LogP contribution in [0.15, 0.2) is 18.2 Å². The van der Waals surface area contributed by atoms with E-state index in [4.69, 9.17) is 4.74 Å². The zero-order valence-electron chi connectivity index (χ0n) is 10.5. The summed E-state index contributed by atoms with van der Waals surface area (Å²) >= 11 is 0. The van der Waals surface area contributed by atoms with Crippen LogP contribution in [0.5, 0.6) is 0 Å². The lowest BCUT2D eigenvalue weighted by atomic mass is 10.1. The Morgan fingerprint density at radius 2 is 2.28 bits per heavy atom. The number of rotatable bonds is 4. The van der Waals surface area contributed by atoms with Crippen molar-refractivity contribution < 1.29 is 14.3 Å². The maximum absolute atomic E-state index is 12.1. The lowest BCUT2D eigenvalue weighted by Crippen LogP contribution is -2.29. The number of carbonyl (C=O) groups is 2. The van der Waals surface area contributed by atoms with Gasteiger partial charge in [0.05, 0.1) is 13.0 Å². The van der Waals surface area contributed by atoms with Crippen molar-refractivity contribution in [2.75, 3.05) is 32.6 Å². The Balaban J connectivity index is 2.12. The minimum Gasteiger partial charge on any atom is -0.383 e. The summed E-state index contributed by atoms with van der Waals surface area (Å²) in [4.78, 5) is 24.9. The smallest absolute Gasteiger partial charge is 0.253 e. The molecule has 1 N–H and O–H groups in total. The predicted octanol–water partition coefficient (Wildman–Crippen LogP) is 0.900. The van der Waals surface area contributed by atoms with Gasteiger partial charge in [0.25, 0.3) is 5.91 Å². The fourth-order valence-corrected chi connectivity index (χ4v) is 1.91. The second kappa shape index (κ2) is 5.18. The fourth-order valence-electron chi connectivity index (χ4n) is 1.91. The van der Waals surface area contributed by atoms with Gasteiger partial charge in [-0.1, -0.05) is 0 Å². The molecule has 0 aromatic heterocycles. The molecule has 0 aliphatic carbocycles. The monoisotopic (exact) mass is 248 g/mol. The van der Waals surface area contributed by atoms with Gasteiger partial charge in [0.1, 0.15) is 0 Å². The Labute approximate surface area is 106 Å². The number of hydrogen-bond acceptors (Lipinski definition) is 3. The van der Waals surface area contributed by atoms with Gasteiger partial charge >= 0.3 is 0 Å². The molecule has 5 nitrogen and oxygen atoms in total. The molecule has 0 radical (unpaired) electrons. The normalized spacial score (nSPS) is 13.1. The number of hydrogen-bond donors (Lipinski definition) is 1. The third-order valence-corrected chi connectivity index (χ3v) is 2.95. The molecule has 0 unspecified atom stereocenters. The van der Waals surface area contributed by atoms with Crippen molar-refractivity contribution in [1.82, 2.24) is 4.90 Å². The standard InChI is InChI=1S/C13H16N2O3/c1-15(5-6-18-2)13(17)9-3-4-11-10(7-9)8-12(16)14-11/h3-4,7H,5-6,8H2,1-2H3,(H,14,16). The van der Waals surface area contributed by atoms with Crippen LogP contribution in [0.2, 0.25) is 0 Å². The van der Waals surface area contributed by atoms with Crippen molar-refractivity contribution >= 4 is 17.5 Å². The molecule has 1 aliphatic heterocycles. The van der Waals surface area contributed by atoms with Crippen LogP contribution in [0.25, 0.3) is 0 Å². The molecule has 1 aliphatic rings. The number of nitrogens with one attached hydrogen (secondary N) is 1. The molecule has 0 fully saturated rings. The van der Waals surface area contributed by atoms with Gasteiger partial charge in [0.2, 0.25) is 5.91 Å². The number of carbonyl (C=O) groups excluding carboxylic acids is 2. The van der Waals surface area contributed by atoms with Crippen LogP contribution in [0.1, 0.15) is 15.9 Å². The number of nitrogens with zero attached hydrogens (tertiary/aromatic N) is 1. The van der Waals surface area contributed by atoms with Crippen molar-refractivity contribution in [3.63, 3.8) is 0 Å². The highest BCUT2D eigenvalue weighted by Crippen LogP contribution is 2.24. The lowest BCUT2D eigenvalue weighted by Gasteiger charge is -2.16. The summed E-state index contributed by atoms with van der Waals surface area (Å²) in [6.45, 7) is 1.05. The summed E-state index contributed by atoms with van der Waals surface area (Å²) in [5.74, 6) is -0.0865. The zero-order valence-corrected chi connectivity index (χ0v) is 10.5. The average Bonchev–Trinajstić information content (AvgIpc) is 2.73. The van der Waals surface area contributed by atoms with E-state index in [1.165, 1.54) is 0 Å². The Morgan fingerprint density at radius 3 is 3.00 bits per heavy atom. The summed E-state index contributed by atoms with van der Waals surface area (Å²) in [6.07, 6.45) is 0.345. The number of ether oxygens (including phenoxy) is 1. The van der Waals surface area contributed by atoms with E-state index in [9.17, 15) is 9.59 Å². The number of fused-ring (bicyclic) bond motifs is 1. The maximum Gasteiger partial charge on any atom is 0.253 e. The van der Waals surface area contributed by atoms with Crippen LogP contribution < -0.4 is 5.32 Å². The SMILES string of the molecule is COCCN(C)C(=O)c1ccc2c(c1)CC(=O)N2. The molecule has 0 bridgehead atoms. The van der Waals surface area contributed by atoms with Gasteiger partial charge in [-0.15, -0.1) is 0 Å². The largest absolute Gasteiger partial charge is 0.383 e. The predicted molar refractivity (Wildman–Crippen MR) is 67.6 cm³/mol. The number of benzene rings is 1. The van der Waals surface area contributed by atoms with Crippen molar-refractivity contribution in [3.8, 4) is 0 Å². The van der Waals surface area contributed by atoms with E-state index < -0.39 is 0 Å². The van der Waals surface area contributed by atoms with E-state index in [1.54, 1.807) is 37.3 Å². The zero-order chi connectivity index (χ0) is 13.1. The van der Waals surface area contributed by atoms with Crippen LogP contribution in [-0.4, -0.2) is 44.0 Å². The highest BCUT2D eigenvalue weighted by molar-refractivity contribution is 6.01. The topological polar surface area (TPSA) is 58.6 Å². The van der Waals surface area contributed by atoms with Gasteiger partial charge in [-0.25, -0.2) is 0 Å². The maximum atomic E-state index is 12.1. The summed E-state index contributed by atoms with van der Waals surface area (Å²) < 4.78 is 4.94. The Hall–Kier alpha value is -1.88. The molecule has 1 heterocycles. The highest BCUT2D eigenvalue weighted by Gasteiger charge is 2.20. The molecular weight excluding hydrogens is 232 g/mol. The number of anilines is 1. The molecule has 5 heteroatoms. The van der Waals surface area contributed by atoms with E-state index in [0.29, 0.717) is 25.1 Å². The number of methoxy groups -OCH3 is 1. The van der Waals surface area contributed by atoms with E-state index >= 15 is 0 Å². The molecular formula is C13H16N2O3. The van der Waals surface area contributed by atoms with Gasteiger partial charge in [-0.05, 0) is 23.8 Å². The second-order valence-electron chi connectivity index (χ2n) is 4.32. The van der Waals surface area contributed by atoms with E-state index in [2.05, 4.69) is 5.32 Å². The quantitative estimate of drug-likeness (QED) is 0.861. The van der Waals surface area contributed by atoms with Crippen LogP contribution in [0.3, 0.4) is 0 Å². The van der Waals surface area contributed by atoms with Crippen LogP contribution in [0.4, 0.5) is 5.69 Å². The molecule has 0 spiro atoms. The average molecular weight is 248 g/mol. The molecule has 1 aromatic rings. The molecule has 96 valence electrons. The van der Waals surface area contributed by atoms with E-state index in [0.717, 1.165) is 11.3 Å². The third kappa shape index (κ3) is 2.51. The highest BCUT2D eigenvalue weighted by atomic mass is 16.5. The van der Waals surface area contributed by atoms with E-state index in [1.807, 2.05) is 0 Å². The summed E-state index contributed by atoms with van der Waals surface area (Å²) in [6, 6.07) is 5.28. The Kier molecular flexibility index (Phi) is 3.62. The van der Waals surface area contributed by atoms with Gasteiger partial charge in [-0.2, -0.15) is 0 Å². The van der Waals surface area contributed by atoms with Crippen molar-refractivity contribution in [1.29, 1.82) is 0 Å². The molecule has 2 amide bonds. The molecule has 0 saturated heterocycles. The van der Waals surface area contributed by atoms with Gasteiger partial charge in [0, 0.05) is 32.0 Å². The molecule has 2 rings (SSSR count). The van der Waals surface area contributed by atoms with Crippen molar-refractivity contribution in [3.05, 3.63) is 29.3 Å². The van der Waals surface area contributed by atoms with Crippen molar-refractivity contribution in [2.45, 2.75) is 6.42 Å². The summed E-state index contributed by atoms with van der Waals surface area (Å²) in [5, 5.41) is 2.74. The first kappa shape index (κ1) is 12.6. The van der Waals surface area contributed by atoms with Gasteiger partial charge < -0.3 is 15.0 Å². The number of amides is 2. The van der Waals surface area contributed by atoms with Crippen molar-refractivity contribution in [2.24, 2.45) is 0 Å². The van der Waals surface area contributed by atoms with Crippen LogP contribution >= 0.6 is 0 Å². The second-order valence-corrected chi connectivity index (χ2v) is 4.32. The first-order chi connectivity index (χ1) is 8.61. The van der Waals surface area contributed by atoms with E-state index in [-0.39, 0.29) is 11.8 Å². The van der Waals surface area contributed by atoms with Crippen LogP contribution in [0, 0.1) is 0 Å². The van der Waals surface area contributed by atoms with Gasteiger partial charge in [-0.3, -0.25) is 9.59 Å². The Morgan fingerprint density at radius 1 is 1.50 bits per heavy atom. The molecule has 0 saturated carbocycles. The first-order valence-electron chi connectivity index (χ1n) is 5.79. The summed E-state index contributed by atoms with van der Waals surface area (Å²) in [7, 11) is 3.34. The number of likely N-dealkylation sites (N-methyl/N-ethyl adjacent to an activating group) is 1. The minimum absolute atomic E-state index is 0.0256. The third-order valence-electron chi connectivity index (χ3n) is 2.95. The molecule has 1 aromatic carbocycles. The Bertz CT molecular complexity index is 485. The lowest BCUT2D eigenvalue weighted by molar-refractivity contribution is -0.115. The van der Waals surface area contributed by atoms with Crippen LogP contribution in [-0.2, 0) is 16.0 Å². The summed E-state index contributed by atoms with van der Waals surface area (Å²) in [5.41, 5.74) is 2.28.